The van der Waals surface area contributed by atoms with Crippen molar-refractivity contribution in [3.8, 4) is 0 Å². The van der Waals surface area contributed by atoms with Gasteiger partial charge < -0.3 is 0 Å². The highest BCUT2D eigenvalue weighted by Gasteiger charge is 2.17. The Morgan fingerprint density at radius 1 is 1.38 bits per heavy atom. The largest absolute Gasteiger partial charge is 0.368 e. The molecule has 0 bridgehead atoms. The summed E-state index contributed by atoms with van der Waals surface area (Å²) in [5.41, 5.74) is -0.507. The van der Waals surface area contributed by atoms with Crippen molar-refractivity contribution in [2.45, 2.75) is 5.16 Å². The lowest BCUT2D eigenvalue weighted by Crippen LogP contribution is -2.00. The summed E-state index contributed by atoms with van der Waals surface area (Å²) < 4.78 is 32.4. The molecule has 0 saturated carbocycles. The van der Waals surface area contributed by atoms with Gasteiger partial charge in [0.2, 0.25) is 0 Å². The molecule has 0 atom stereocenters. The molecule has 9 heteroatoms. The van der Waals surface area contributed by atoms with Crippen LogP contribution in [0.15, 0.2) is 17.6 Å². The molecule has 0 N–H and O–H groups in total. The van der Waals surface area contributed by atoms with Crippen molar-refractivity contribution < 1.29 is 17.2 Å². The predicted molar refractivity (Wildman–Crippen MR) is 37.0 cm³/mol. The van der Waals surface area contributed by atoms with Gasteiger partial charge in [-0.3, -0.25) is 10.1 Å². The highest BCUT2D eigenvalue weighted by molar-refractivity contribution is 7.86. The lowest BCUT2D eigenvalue weighted by molar-refractivity contribution is -0.385. The highest BCUT2D eigenvalue weighted by atomic mass is 32.3. The summed E-state index contributed by atoms with van der Waals surface area (Å²) in [6.45, 7) is 0. The van der Waals surface area contributed by atoms with E-state index in [4.69, 9.17) is 0 Å². The Morgan fingerprint density at radius 3 is 2.15 bits per heavy atom. The van der Waals surface area contributed by atoms with Gasteiger partial charge in [-0.25, -0.2) is 9.97 Å². The van der Waals surface area contributed by atoms with Crippen LogP contribution in [0.4, 0.5) is 9.57 Å². The van der Waals surface area contributed by atoms with Gasteiger partial charge in [0, 0.05) is 0 Å². The third-order valence-electron chi connectivity index (χ3n) is 1.04. The average Bonchev–Trinajstić information content (AvgIpc) is 2.03. The fourth-order valence-corrected chi connectivity index (χ4v) is 0.887. The molecule has 0 aliphatic rings. The van der Waals surface area contributed by atoms with E-state index in [0.717, 1.165) is 0 Å². The summed E-state index contributed by atoms with van der Waals surface area (Å²) >= 11 is 0. The van der Waals surface area contributed by atoms with E-state index in [2.05, 4.69) is 9.97 Å². The Balaban J connectivity index is 3.16. The molecule has 0 fully saturated rings. The zero-order chi connectivity index (χ0) is 10.1. The zero-order valence-corrected chi connectivity index (χ0v) is 6.73. The van der Waals surface area contributed by atoms with Crippen LogP contribution in [0.2, 0.25) is 0 Å². The molecule has 0 saturated heterocycles. The molecule has 70 valence electrons. The van der Waals surface area contributed by atoms with Crippen LogP contribution in [0.1, 0.15) is 0 Å². The third-order valence-corrected chi connectivity index (χ3v) is 1.69. The Bertz CT molecular complexity index is 427. The van der Waals surface area contributed by atoms with E-state index < -0.39 is 26.0 Å². The predicted octanol–water partition coefficient (Wildman–Crippen LogP) is 0.0430. The Labute approximate surface area is 71.6 Å². The number of nitro groups is 1. The number of hydrogen-bond acceptors (Lipinski definition) is 6. The summed E-state index contributed by atoms with van der Waals surface area (Å²) in [5, 5.41) is 8.96. The first-order valence-corrected chi connectivity index (χ1v) is 4.20. The second kappa shape index (κ2) is 3.01. The summed E-state index contributed by atoms with van der Waals surface area (Å²) in [5.74, 6) is 0. The van der Waals surface area contributed by atoms with Crippen LogP contribution in [-0.4, -0.2) is 23.3 Å². The molecule has 1 rings (SSSR count). The van der Waals surface area contributed by atoms with Crippen molar-refractivity contribution in [3.63, 3.8) is 0 Å². The first-order chi connectivity index (χ1) is 5.91. The maximum absolute atomic E-state index is 12.1. The topological polar surface area (TPSA) is 103 Å². The maximum Gasteiger partial charge on any atom is 0.368 e. The van der Waals surface area contributed by atoms with Gasteiger partial charge in [-0.2, -0.15) is 8.42 Å². The van der Waals surface area contributed by atoms with Crippen molar-refractivity contribution in [2.24, 2.45) is 0 Å². The Morgan fingerprint density at radius 2 is 1.85 bits per heavy atom. The molecule has 0 radical (unpaired) electrons. The standard InChI is InChI=1S/C4H2FN3O4S/c5-13(11,12)4-6-1-3(2-7-4)8(9)10/h1-2H. The van der Waals surface area contributed by atoms with E-state index >= 15 is 0 Å². The fourth-order valence-electron chi connectivity index (χ4n) is 0.530. The number of halogens is 1. The Hall–Kier alpha value is -1.64. The van der Waals surface area contributed by atoms with Gasteiger partial charge in [-0.1, -0.05) is 3.89 Å². The fraction of sp³-hybridized carbons (Fsp3) is 0. The van der Waals surface area contributed by atoms with Crippen LogP contribution in [0.25, 0.3) is 0 Å². The first kappa shape index (κ1) is 9.45. The summed E-state index contributed by atoms with van der Waals surface area (Å²) in [6.07, 6.45) is 1.22. The van der Waals surface area contributed by atoms with Crippen molar-refractivity contribution in [3.05, 3.63) is 22.5 Å². The van der Waals surface area contributed by atoms with Crippen molar-refractivity contribution >= 4 is 15.9 Å². The second-order valence-corrected chi connectivity index (χ2v) is 3.16. The van der Waals surface area contributed by atoms with Crippen LogP contribution >= 0.6 is 0 Å². The van der Waals surface area contributed by atoms with Gasteiger partial charge in [0.1, 0.15) is 12.4 Å². The SMILES string of the molecule is O=[N+]([O-])c1cnc(S(=O)(=O)F)nc1. The van der Waals surface area contributed by atoms with Crippen molar-refractivity contribution in [1.29, 1.82) is 0 Å². The van der Waals surface area contributed by atoms with E-state index in [-0.39, 0.29) is 0 Å². The number of rotatable bonds is 2. The average molecular weight is 207 g/mol. The molecular formula is C4H2FN3O4S. The molecule has 0 aliphatic heterocycles. The van der Waals surface area contributed by atoms with E-state index in [1.165, 1.54) is 0 Å². The van der Waals surface area contributed by atoms with Crippen LogP contribution in [-0.2, 0) is 10.2 Å². The normalized spacial score (nSPS) is 11.2. The van der Waals surface area contributed by atoms with E-state index in [9.17, 15) is 22.4 Å². The van der Waals surface area contributed by atoms with Crippen molar-refractivity contribution in [2.75, 3.05) is 0 Å². The zero-order valence-electron chi connectivity index (χ0n) is 5.92. The molecule has 7 nitrogen and oxygen atoms in total. The molecule has 0 aromatic carbocycles. The minimum atomic E-state index is -4.99. The molecule has 0 amide bonds. The molecule has 1 aromatic rings. The molecule has 0 spiro atoms. The second-order valence-electron chi connectivity index (χ2n) is 1.92. The van der Waals surface area contributed by atoms with Crippen LogP contribution in [0, 0.1) is 10.1 Å². The van der Waals surface area contributed by atoms with Crippen molar-refractivity contribution in [1.82, 2.24) is 9.97 Å². The Kier molecular flexibility index (Phi) is 2.19. The minimum absolute atomic E-state index is 0.507. The van der Waals surface area contributed by atoms with E-state index in [1.807, 2.05) is 0 Å². The molecule has 0 aliphatic carbocycles. The summed E-state index contributed by atoms with van der Waals surface area (Å²) in [6, 6.07) is 0. The van der Waals surface area contributed by atoms with Gasteiger partial charge in [0.15, 0.2) is 0 Å². The smallest absolute Gasteiger partial charge is 0.258 e. The number of hydrogen-bond donors (Lipinski definition) is 0. The molecule has 1 heterocycles. The van der Waals surface area contributed by atoms with Gasteiger partial charge in [0.05, 0.1) is 4.92 Å². The van der Waals surface area contributed by atoms with Gasteiger partial charge in [-0.05, 0) is 0 Å². The van der Waals surface area contributed by atoms with Crippen LogP contribution in [0.3, 0.4) is 0 Å². The summed E-state index contributed by atoms with van der Waals surface area (Å²) in [7, 11) is -4.99. The van der Waals surface area contributed by atoms with Crippen LogP contribution < -0.4 is 0 Å². The third kappa shape index (κ3) is 2.15. The van der Waals surface area contributed by atoms with Crippen LogP contribution in [0.5, 0.6) is 0 Å². The van der Waals surface area contributed by atoms with E-state index in [0.29, 0.717) is 12.4 Å². The number of aromatic nitrogens is 2. The molecule has 1 aromatic heterocycles. The summed E-state index contributed by atoms with van der Waals surface area (Å²) in [4.78, 5) is 15.1. The lowest BCUT2D eigenvalue weighted by Gasteiger charge is -1.91. The monoisotopic (exact) mass is 207 g/mol. The lowest BCUT2D eigenvalue weighted by atomic mass is 10.6. The molecular weight excluding hydrogens is 205 g/mol. The first-order valence-electron chi connectivity index (χ1n) is 2.82. The number of nitrogens with zero attached hydrogens (tertiary/aromatic N) is 3. The van der Waals surface area contributed by atoms with Gasteiger partial charge in [0.25, 0.3) is 5.16 Å². The maximum atomic E-state index is 12.1. The highest BCUT2D eigenvalue weighted by Crippen LogP contribution is 2.10. The van der Waals surface area contributed by atoms with Gasteiger partial charge in [-0.15, -0.1) is 0 Å². The minimum Gasteiger partial charge on any atom is -0.258 e. The molecule has 0 unspecified atom stereocenters. The van der Waals surface area contributed by atoms with Gasteiger partial charge >= 0.3 is 15.9 Å². The molecule has 13 heavy (non-hydrogen) atoms. The van der Waals surface area contributed by atoms with E-state index in [1.54, 1.807) is 0 Å². The quantitative estimate of drug-likeness (QED) is 0.293.